The quantitative estimate of drug-likeness (QED) is 0.856. The molecule has 2 unspecified atom stereocenters. The number of aliphatic hydroxyl groups excluding tert-OH is 1. The second-order valence-corrected chi connectivity index (χ2v) is 4.88. The van der Waals surface area contributed by atoms with Crippen LogP contribution in [0.25, 0.3) is 0 Å². The van der Waals surface area contributed by atoms with Crippen LogP contribution in [0, 0.1) is 23.1 Å². The summed E-state index contributed by atoms with van der Waals surface area (Å²) in [4.78, 5) is 0. The Kier molecular flexibility index (Phi) is 4.29. The minimum absolute atomic E-state index is 0.171. The second-order valence-electron chi connectivity index (χ2n) is 4.88. The molecule has 0 aromatic heterocycles. The monoisotopic (exact) mass is 248 g/mol. The van der Waals surface area contributed by atoms with E-state index in [2.05, 4.69) is 5.32 Å². The summed E-state index contributed by atoms with van der Waals surface area (Å²) in [6, 6.07) is 6.39. The standard InChI is InChI=1S/C14H17FN2O/c15-14-4-2-10(7-16)5-12(14)9-17-8-11-1-3-13(18)6-11/h2,4-5,11,13,17-18H,1,3,6,8-9H2. The highest BCUT2D eigenvalue weighted by Crippen LogP contribution is 2.24. The number of hydrogen-bond donors (Lipinski definition) is 2. The third-order valence-corrected chi connectivity index (χ3v) is 3.44. The summed E-state index contributed by atoms with van der Waals surface area (Å²) in [5.74, 6) is 0.190. The summed E-state index contributed by atoms with van der Waals surface area (Å²) in [7, 11) is 0. The molecule has 2 N–H and O–H groups in total. The highest BCUT2D eigenvalue weighted by atomic mass is 19.1. The highest BCUT2D eigenvalue weighted by Gasteiger charge is 2.22. The predicted octanol–water partition coefficient (Wildman–Crippen LogP) is 1.95. The number of halogens is 1. The summed E-state index contributed by atoms with van der Waals surface area (Å²) < 4.78 is 13.5. The summed E-state index contributed by atoms with van der Waals surface area (Å²) in [5, 5.41) is 21.4. The van der Waals surface area contributed by atoms with Gasteiger partial charge in [-0.05, 0) is 49.9 Å². The van der Waals surface area contributed by atoms with Crippen molar-refractivity contribution in [1.82, 2.24) is 5.32 Å². The molecule has 0 spiro atoms. The van der Waals surface area contributed by atoms with Crippen molar-refractivity contribution in [3.8, 4) is 6.07 Å². The lowest BCUT2D eigenvalue weighted by molar-refractivity contribution is 0.177. The molecule has 1 aliphatic rings. The zero-order chi connectivity index (χ0) is 13.0. The van der Waals surface area contributed by atoms with Crippen LogP contribution >= 0.6 is 0 Å². The molecule has 0 radical (unpaired) electrons. The van der Waals surface area contributed by atoms with E-state index in [4.69, 9.17) is 5.26 Å². The molecular formula is C14H17FN2O. The molecule has 1 fully saturated rings. The Bertz CT molecular complexity index is 456. The number of hydrogen-bond acceptors (Lipinski definition) is 3. The Balaban J connectivity index is 1.85. The smallest absolute Gasteiger partial charge is 0.127 e. The van der Waals surface area contributed by atoms with Crippen LogP contribution in [0.2, 0.25) is 0 Å². The van der Waals surface area contributed by atoms with E-state index >= 15 is 0 Å². The first-order valence-corrected chi connectivity index (χ1v) is 6.26. The van der Waals surface area contributed by atoms with Crippen LogP contribution < -0.4 is 5.32 Å². The van der Waals surface area contributed by atoms with Crippen LogP contribution in [0.3, 0.4) is 0 Å². The van der Waals surface area contributed by atoms with Crippen LogP contribution in [0.4, 0.5) is 4.39 Å². The topological polar surface area (TPSA) is 56.0 Å². The molecule has 2 rings (SSSR count). The highest BCUT2D eigenvalue weighted by molar-refractivity contribution is 5.33. The van der Waals surface area contributed by atoms with Gasteiger partial charge in [0.1, 0.15) is 5.82 Å². The molecule has 0 heterocycles. The fraction of sp³-hybridized carbons (Fsp3) is 0.500. The average molecular weight is 248 g/mol. The van der Waals surface area contributed by atoms with E-state index < -0.39 is 0 Å². The molecular weight excluding hydrogens is 231 g/mol. The van der Waals surface area contributed by atoms with Gasteiger partial charge in [-0.2, -0.15) is 5.26 Å². The Morgan fingerprint density at radius 1 is 1.44 bits per heavy atom. The van der Waals surface area contributed by atoms with Gasteiger partial charge in [-0.3, -0.25) is 0 Å². The van der Waals surface area contributed by atoms with Gasteiger partial charge >= 0.3 is 0 Å². The second kappa shape index (κ2) is 5.94. The fourth-order valence-corrected chi connectivity index (χ4v) is 2.42. The summed E-state index contributed by atoms with van der Waals surface area (Å²) in [5.41, 5.74) is 0.997. The molecule has 0 bridgehead atoms. The Morgan fingerprint density at radius 3 is 2.94 bits per heavy atom. The third-order valence-electron chi connectivity index (χ3n) is 3.44. The van der Waals surface area contributed by atoms with Crippen molar-refractivity contribution in [3.05, 3.63) is 35.1 Å². The maximum absolute atomic E-state index is 13.5. The van der Waals surface area contributed by atoms with Gasteiger partial charge < -0.3 is 10.4 Å². The van der Waals surface area contributed by atoms with Crippen LogP contribution in [0.1, 0.15) is 30.4 Å². The SMILES string of the molecule is N#Cc1ccc(F)c(CNCC2CCC(O)C2)c1. The average Bonchev–Trinajstić information content (AvgIpc) is 2.77. The van der Waals surface area contributed by atoms with Gasteiger partial charge in [0, 0.05) is 12.1 Å². The Hall–Kier alpha value is -1.44. The Morgan fingerprint density at radius 2 is 2.28 bits per heavy atom. The maximum Gasteiger partial charge on any atom is 0.127 e. The van der Waals surface area contributed by atoms with E-state index in [1.165, 1.54) is 12.1 Å². The van der Waals surface area contributed by atoms with Gasteiger partial charge in [-0.25, -0.2) is 4.39 Å². The number of nitrogens with zero attached hydrogens (tertiary/aromatic N) is 1. The van der Waals surface area contributed by atoms with Gasteiger partial charge in [0.15, 0.2) is 0 Å². The van der Waals surface area contributed by atoms with E-state index in [0.717, 1.165) is 25.8 Å². The summed E-state index contributed by atoms with van der Waals surface area (Å²) in [6.07, 6.45) is 2.54. The van der Waals surface area contributed by atoms with Crippen LogP contribution in [-0.2, 0) is 6.54 Å². The van der Waals surface area contributed by atoms with Crippen molar-refractivity contribution in [3.63, 3.8) is 0 Å². The van der Waals surface area contributed by atoms with Gasteiger partial charge in [0.2, 0.25) is 0 Å². The van der Waals surface area contributed by atoms with Gasteiger partial charge in [0.05, 0.1) is 17.7 Å². The summed E-state index contributed by atoms with van der Waals surface area (Å²) >= 11 is 0. The predicted molar refractivity (Wildman–Crippen MR) is 66.2 cm³/mol. The molecule has 0 saturated heterocycles. The van der Waals surface area contributed by atoms with E-state index in [9.17, 15) is 9.50 Å². The van der Waals surface area contributed by atoms with Crippen molar-refractivity contribution < 1.29 is 9.50 Å². The molecule has 4 heteroatoms. The molecule has 3 nitrogen and oxygen atoms in total. The number of nitrogens with one attached hydrogen (secondary N) is 1. The number of aliphatic hydroxyl groups is 1. The lowest BCUT2D eigenvalue weighted by Gasteiger charge is -2.11. The first-order chi connectivity index (χ1) is 8.69. The largest absolute Gasteiger partial charge is 0.393 e. The molecule has 0 amide bonds. The van der Waals surface area contributed by atoms with E-state index in [1.807, 2.05) is 6.07 Å². The lowest BCUT2D eigenvalue weighted by atomic mass is 10.1. The Labute approximate surface area is 106 Å². The van der Waals surface area contributed by atoms with E-state index in [-0.39, 0.29) is 11.9 Å². The normalized spacial score (nSPS) is 22.9. The van der Waals surface area contributed by atoms with Crippen LogP contribution in [-0.4, -0.2) is 17.8 Å². The lowest BCUT2D eigenvalue weighted by Crippen LogP contribution is -2.22. The van der Waals surface area contributed by atoms with Gasteiger partial charge in [-0.15, -0.1) is 0 Å². The maximum atomic E-state index is 13.5. The zero-order valence-electron chi connectivity index (χ0n) is 10.2. The third kappa shape index (κ3) is 3.28. The summed E-state index contributed by atoms with van der Waals surface area (Å²) in [6.45, 7) is 1.21. The molecule has 0 aliphatic heterocycles. The molecule has 1 aromatic carbocycles. The van der Waals surface area contributed by atoms with Gasteiger partial charge in [-0.1, -0.05) is 0 Å². The van der Waals surface area contributed by atoms with Crippen molar-refractivity contribution in [2.45, 2.75) is 31.9 Å². The molecule has 96 valence electrons. The number of benzene rings is 1. The number of rotatable bonds is 4. The minimum atomic E-state index is -0.284. The van der Waals surface area contributed by atoms with Crippen molar-refractivity contribution in [2.75, 3.05) is 6.54 Å². The zero-order valence-corrected chi connectivity index (χ0v) is 10.2. The fourth-order valence-electron chi connectivity index (χ4n) is 2.42. The molecule has 2 atom stereocenters. The van der Waals surface area contributed by atoms with Crippen molar-refractivity contribution >= 4 is 0 Å². The first-order valence-electron chi connectivity index (χ1n) is 6.26. The number of nitriles is 1. The van der Waals surface area contributed by atoms with Gasteiger partial charge in [0.25, 0.3) is 0 Å². The van der Waals surface area contributed by atoms with Crippen molar-refractivity contribution in [2.24, 2.45) is 5.92 Å². The molecule has 1 saturated carbocycles. The van der Waals surface area contributed by atoms with Crippen LogP contribution in [0.5, 0.6) is 0 Å². The molecule has 1 aliphatic carbocycles. The van der Waals surface area contributed by atoms with E-state index in [1.54, 1.807) is 6.07 Å². The minimum Gasteiger partial charge on any atom is -0.393 e. The first kappa shape index (κ1) is 13.0. The van der Waals surface area contributed by atoms with Crippen molar-refractivity contribution in [1.29, 1.82) is 5.26 Å². The molecule has 18 heavy (non-hydrogen) atoms. The van der Waals surface area contributed by atoms with Crippen LogP contribution in [0.15, 0.2) is 18.2 Å². The van der Waals surface area contributed by atoms with E-state index in [0.29, 0.717) is 23.6 Å². The molecule has 1 aromatic rings.